The second kappa shape index (κ2) is 6.50. The molecule has 1 saturated heterocycles. The number of likely N-dealkylation sites (tertiary alicyclic amines) is 1. The van der Waals surface area contributed by atoms with Crippen molar-refractivity contribution in [2.75, 3.05) is 19.7 Å². The second-order valence-corrected chi connectivity index (χ2v) is 6.27. The van der Waals surface area contributed by atoms with Gasteiger partial charge in [0.1, 0.15) is 0 Å². The van der Waals surface area contributed by atoms with Crippen LogP contribution in [-0.2, 0) is 4.79 Å². The van der Waals surface area contributed by atoms with Crippen LogP contribution in [0.3, 0.4) is 0 Å². The van der Waals surface area contributed by atoms with Gasteiger partial charge in [0.05, 0.1) is 19.2 Å². The van der Waals surface area contributed by atoms with Crippen molar-refractivity contribution in [1.82, 2.24) is 10.2 Å². The lowest BCUT2D eigenvalue weighted by Gasteiger charge is -2.25. The minimum absolute atomic E-state index is 0.0356. The Morgan fingerprint density at radius 3 is 3.11 bits per heavy atom. The number of carbonyl (C=O) groups is 1. The van der Waals surface area contributed by atoms with Gasteiger partial charge in [-0.15, -0.1) is 11.3 Å². The van der Waals surface area contributed by atoms with Gasteiger partial charge >= 0.3 is 0 Å². The number of thiophene rings is 1. The van der Waals surface area contributed by atoms with Gasteiger partial charge in [-0.05, 0) is 37.3 Å². The molecule has 1 aliphatic heterocycles. The number of nitrogens with one attached hydrogen (secondary N) is 1. The number of aliphatic hydroxyl groups excluding tert-OH is 1. The molecule has 1 aliphatic rings. The van der Waals surface area contributed by atoms with Crippen LogP contribution in [0, 0.1) is 5.92 Å². The second-order valence-electron chi connectivity index (χ2n) is 5.29. The number of aliphatic hydroxyl groups is 1. The molecule has 1 fully saturated rings. The van der Waals surface area contributed by atoms with Gasteiger partial charge in [0.2, 0.25) is 5.91 Å². The third kappa shape index (κ3) is 3.55. The third-order valence-corrected chi connectivity index (χ3v) is 4.93. The lowest BCUT2D eigenvalue weighted by Crippen LogP contribution is -2.43. The maximum Gasteiger partial charge on any atom is 0.234 e. The SMILES string of the molecule is CC(NC(=O)CN1CCC(C)C1CO)c1cccs1. The van der Waals surface area contributed by atoms with Crippen LogP contribution in [0.1, 0.15) is 31.2 Å². The van der Waals surface area contributed by atoms with Crippen molar-refractivity contribution in [3.8, 4) is 0 Å². The Morgan fingerprint density at radius 1 is 1.68 bits per heavy atom. The molecule has 0 spiro atoms. The van der Waals surface area contributed by atoms with Crippen molar-refractivity contribution in [2.24, 2.45) is 5.92 Å². The van der Waals surface area contributed by atoms with Crippen LogP contribution >= 0.6 is 11.3 Å². The van der Waals surface area contributed by atoms with Gasteiger partial charge in [0, 0.05) is 10.9 Å². The largest absolute Gasteiger partial charge is 0.395 e. The minimum atomic E-state index is 0.0356. The molecule has 0 bridgehead atoms. The van der Waals surface area contributed by atoms with E-state index in [0.717, 1.165) is 13.0 Å². The monoisotopic (exact) mass is 282 g/mol. The summed E-state index contributed by atoms with van der Waals surface area (Å²) in [6.07, 6.45) is 1.05. The summed E-state index contributed by atoms with van der Waals surface area (Å²) in [5.41, 5.74) is 0. The Balaban J connectivity index is 1.84. The fourth-order valence-corrected chi connectivity index (χ4v) is 3.39. The van der Waals surface area contributed by atoms with E-state index in [-0.39, 0.29) is 24.6 Å². The Bertz CT molecular complexity index is 408. The lowest BCUT2D eigenvalue weighted by molar-refractivity contribution is -0.123. The summed E-state index contributed by atoms with van der Waals surface area (Å²) in [6, 6.07) is 4.21. The lowest BCUT2D eigenvalue weighted by atomic mass is 10.0. The van der Waals surface area contributed by atoms with E-state index < -0.39 is 0 Å². The van der Waals surface area contributed by atoms with Crippen molar-refractivity contribution in [2.45, 2.75) is 32.4 Å². The summed E-state index contributed by atoms with van der Waals surface area (Å²) in [6.45, 7) is 5.54. The van der Waals surface area contributed by atoms with Crippen molar-refractivity contribution in [1.29, 1.82) is 0 Å². The molecule has 5 heteroatoms. The predicted octanol–water partition coefficient (Wildman–Crippen LogP) is 1.63. The summed E-state index contributed by atoms with van der Waals surface area (Å²) < 4.78 is 0. The van der Waals surface area contributed by atoms with E-state index in [9.17, 15) is 9.90 Å². The molecule has 2 rings (SSSR count). The van der Waals surface area contributed by atoms with E-state index in [2.05, 4.69) is 17.1 Å². The van der Waals surface area contributed by atoms with E-state index in [4.69, 9.17) is 0 Å². The fraction of sp³-hybridized carbons (Fsp3) is 0.643. The zero-order valence-corrected chi connectivity index (χ0v) is 12.3. The van der Waals surface area contributed by atoms with E-state index in [0.29, 0.717) is 12.5 Å². The molecular weight excluding hydrogens is 260 g/mol. The zero-order valence-electron chi connectivity index (χ0n) is 11.5. The zero-order chi connectivity index (χ0) is 13.8. The molecule has 0 aromatic carbocycles. The van der Waals surface area contributed by atoms with Crippen LogP contribution in [-0.4, -0.2) is 41.7 Å². The van der Waals surface area contributed by atoms with Gasteiger partial charge < -0.3 is 10.4 Å². The molecule has 19 heavy (non-hydrogen) atoms. The van der Waals surface area contributed by atoms with Gasteiger partial charge in [-0.25, -0.2) is 0 Å². The minimum Gasteiger partial charge on any atom is -0.395 e. The van der Waals surface area contributed by atoms with Crippen molar-refractivity contribution >= 4 is 17.2 Å². The number of nitrogens with zero attached hydrogens (tertiary/aromatic N) is 1. The Labute approximate surface area is 118 Å². The average molecular weight is 282 g/mol. The smallest absolute Gasteiger partial charge is 0.234 e. The number of amides is 1. The highest BCUT2D eigenvalue weighted by Gasteiger charge is 2.31. The molecule has 1 aromatic rings. The van der Waals surface area contributed by atoms with Crippen molar-refractivity contribution < 1.29 is 9.90 Å². The molecule has 2 N–H and O–H groups in total. The molecule has 1 amide bonds. The summed E-state index contributed by atoms with van der Waals surface area (Å²) in [4.78, 5) is 15.3. The normalized spacial score (nSPS) is 25.4. The van der Waals surface area contributed by atoms with E-state index in [1.165, 1.54) is 4.88 Å². The molecule has 106 valence electrons. The summed E-state index contributed by atoms with van der Waals surface area (Å²) in [5.74, 6) is 0.501. The summed E-state index contributed by atoms with van der Waals surface area (Å²) in [7, 11) is 0. The van der Waals surface area contributed by atoms with Crippen LogP contribution in [0.2, 0.25) is 0 Å². The van der Waals surface area contributed by atoms with E-state index in [1.807, 2.05) is 24.4 Å². The molecule has 2 heterocycles. The first-order chi connectivity index (χ1) is 9.11. The number of rotatable bonds is 5. The van der Waals surface area contributed by atoms with Crippen LogP contribution < -0.4 is 5.32 Å². The maximum atomic E-state index is 12.0. The quantitative estimate of drug-likeness (QED) is 0.863. The Hall–Kier alpha value is -0.910. The van der Waals surface area contributed by atoms with Crippen LogP contribution in [0.5, 0.6) is 0 Å². The molecule has 0 aliphatic carbocycles. The van der Waals surface area contributed by atoms with Crippen LogP contribution in [0.4, 0.5) is 0 Å². The van der Waals surface area contributed by atoms with Gasteiger partial charge in [-0.1, -0.05) is 13.0 Å². The molecular formula is C14H22N2O2S. The van der Waals surface area contributed by atoms with Crippen LogP contribution in [0.15, 0.2) is 17.5 Å². The average Bonchev–Trinajstić information content (AvgIpc) is 2.99. The van der Waals surface area contributed by atoms with Crippen molar-refractivity contribution in [3.05, 3.63) is 22.4 Å². The fourth-order valence-electron chi connectivity index (χ4n) is 2.66. The number of hydrogen-bond donors (Lipinski definition) is 2. The highest BCUT2D eigenvalue weighted by atomic mass is 32.1. The Morgan fingerprint density at radius 2 is 2.47 bits per heavy atom. The van der Waals surface area contributed by atoms with Gasteiger partial charge in [0.25, 0.3) is 0 Å². The van der Waals surface area contributed by atoms with Gasteiger partial charge in [-0.2, -0.15) is 0 Å². The van der Waals surface area contributed by atoms with E-state index >= 15 is 0 Å². The third-order valence-electron chi connectivity index (χ3n) is 3.88. The number of hydrogen-bond acceptors (Lipinski definition) is 4. The van der Waals surface area contributed by atoms with E-state index in [1.54, 1.807) is 11.3 Å². The molecule has 3 unspecified atom stereocenters. The first kappa shape index (κ1) is 14.5. The highest BCUT2D eigenvalue weighted by molar-refractivity contribution is 7.10. The summed E-state index contributed by atoms with van der Waals surface area (Å²) in [5, 5.41) is 14.4. The summed E-state index contributed by atoms with van der Waals surface area (Å²) >= 11 is 1.65. The first-order valence-corrected chi connectivity index (χ1v) is 7.67. The highest BCUT2D eigenvalue weighted by Crippen LogP contribution is 2.23. The topological polar surface area (TPSA) is 52.6 Å². The number of carbonyl (C=O) groups excluding carboxylic acids is 1. The van der Waals surface area contributed by atoms with Gasteiger partial charge in [-0.3, -0.25) is 9.69 Å². The molecule has 0 saturated carbocycles. The molecule has 4 nitrogen and oxygen atoms in total. The molecule has 3 atom stereocenters. The maximum absolute atomic E-state index is 12.0. The van der Waals surface area contributed by atoms with Gasteiger partial charge in [0.15, 0.2) is 0 Å². The van der Waals surface area contributed by atoms with Crippen LogP contribution in [0.25, 0.3) is 0 Å². The predicted molar refractivity (Wildman–Crippen MR) is 77.1 cm³/mol. The standard InChI is InChI=1S/C14H22N2O2S/c1-10-5-6-16(12(10)9-17)8-14(18)15-11(2)13-4-3-7-19-13/h3-4,7,10-12,17H,5-6,8-9H2,1-2H3,(H,15,18). The molecule has 1 aromatic heterocycles. The van der Waals surface area contributed by atoms with Crippen molar-refractivity contribution in [3.63, 3.8) is 0 Å². The first-order valence-electron chi connectivity index (χ1n) is 6.79. The Kier molecular flexibility index (Phi) is 4.96. The molecule has 0 radical (unpaired) electrons.